The van der Waals surface area contributed by atoms with E-state index in [1.807, 2.05) is 0 Å². The van der Waals surface area contributed by atoms with E-state index in [-0.39, 0.29) is 22.8 Å². The Bertz CT molecular complexity index is 456. The molecule has 6 nitrogen and oxygen atoms in total. The molecule has 2 rings (SSSR count). The van der Waals surface area contributed by atoms with E-state index < -0.39 is 0 Å². The molecule has 0 amide bonds. The second kappa shape index (κ2) is 5.88. The maximum absolute atomic E-state index is 11.2. The van der Waals surface area contributed by atoms with Crippen LogP contribution in [0.1, 0.15) is 25.7 Å². The van der Waals surface area contributed by atoms with Crippen LogP contribution in [0.2, 0.25) is 0 Å². The standard InChI is InChI=1S/C13H19N3O3/c1-14-11-3-2-4-12(13(11)16(18)19)15-9-5-7-10(17)8-6-9/h2-4,9-10,14-15,17H,5-8H2,1H3. The SMILES string of the molecule is CNc1cccc(NC2CCC(O)CC2)c1[N+](=O)[O-]. The van der Waals surface area contributed by atoms with E-state index in [2.05, 4.69) is 10.6 Å². The van der Waals surface area contributed by atoms with Crippen LogP contribution in [0.25, 0.3) is 0 Å². The van der Waals surface area contributed by atoms with Crippen LogP contribution in [0, 0.1) is 10.1 Å². The zero-order chi connectivity index (χ0) is 13.8. The minimum Gasteiger partial charge on any atom is -0.393 e. The molecular formula is C13H19N3O3. The van der Waals surface area contributed by atoms with Gasteiger partial charge in [-0.2, -0.15) is 0 Å². The van der Waals surface area contributed by atoms with Crippen molar-refractivity contribution in [3.8, 4) is 0 Å². The molecule has 0 heterocycles. The molecule has 1 aromatic rings. The van der Waals surface area contributed by atoms with Crippen LogP contribution in [0.4, 0.5) is 17.1 Å². The molecule has 19 heavy (non-hydrogen) atoms. The number of hydrogen-bond acceptors (Lipinski definition) is 5. The Balaban J connectivity index is 2.17. The van der Waals surface area contributed by atoms with Crippen LogP contribution < -0.4 is 10.6 Å². The van der Waals surface area contributed by atoms with E-state index in [0.717, 1.165) is 25.7 Å². The first-order valence-electron chi connectivity index (χ1n) is 6.51. The Morgan fingerprint density at radius 2 is 1.89 bits per heavy atom. The molecule has 0 aliphatic heterocycles. The van der Waals surface area contributed by atoms with E-state index in [0.29, 0.717) is 11.4 Å². The van der Waals surface area contributed by atoms with Gasteiger partial charge in [0.2, 0.25) is 0 Å². The molecule has 0 aromatic heterocycles. The lowest BCUT2D eigenvalue weighted by Crippen LogP contribution is -2.28. The van der Waals surface area contributed by atoms with Gasteiger partial charge < -0.3 is 15.7 Å². The molecule has 1 aromatic carbocycles. The molecule has 1 aliphatic carbocycles. The van der Waals surface area contributed by atoms with E-state index in [1.165, 1.54) is 0 Å². The van der Waals surface area contributed by atoms with Crippen LogP contribution in [-0.2, 0) is 0 Å². The summed E-state index contributed by atoms with van der Waals surface area (Å²) in [6, 6.07) is 5.39. The maximum atomic E-state index is 11.2. The molecule has 6 heteroatoms. The lowest BCUT2D eigenvalue weighted by atomic mass is 9.93. The monoisotopic (exact) mass is 265 g/mol. The predicted molar refractivity (Wildman–Crippen MR) is 74.5 cm³/mol. The molecule has 1 aliphatic rings. The number of aliphatic hydroxyl groups is 1. The summed E-state index contributed by atoms with van der Waals surface area (Å²) in [7, 11) is 1.67. The predicted octanol–water partition coefficient (Wildman–Crippen LogP) is 2.35. The maximum Gasteiger partial charge on any atom is 0.315 e. The third-order valence-corrected chi connectivity index (χ3v) is 3.54. The molecule has 0 atom stereocenters. The summed E-state index contributed by atoms with van der Waals surface area (Å²) in [6.07, 6.45) is 2.94. The summed E-state index contributed by atoms with van der Waals surface area (Å²) < 4.78 is 0. The number of para-hydroxylation sites is 1. The Morgan fingerprint density at radius 3 is 2.47 bits per heavy atom. The Hall–Kier alpha value is -1.82. The summed E-state index contributed by atoms with van der Waals surface area (Å²) in [5.41, 5.74) is 1.13. The fourth-order valence-corrected chi connectivity index (χ4v) is 2.50. The van der Waals surface area contributed by atoms with Crippen molar-refractivity contribution >= 4 is 17.1 Å². The van der Waals surface area contributed by atoms with Crippen LogP contribution in [0.15, 0.2) is 18.2 Å². The van der Waals surface area contributed by atoms with Gasteiger partial charge in [0.1, 0.15) is 11.4 Å². The zero-order valence-corrected chi connectivity index (χ0v) is 10.9. The van der Waals surface area contributed by atoms with Crippen LogP contribution in [-0.4, -0.2) is 29.2 Å². The molecule has 0 unspecified atom stereocenters. The smallest absolute Gasteiger partial charge is 0.315 e. The van der Waals surface area contributed by atoms with Gasteiger partial charge in [0.25, 0.3) is 0 Å². The highest BCUT2D eigenvalue weighted by atomic mass is 16.6. The van der Waals surface area contributed by atoms with Gasteiger partial charge in [-0.25, -0.2) is 0 Å². The molecule has 3 N–H and O–H groups in total. The zero-order valence-electron chi connectivity index (χ0n) is 10.9. The number of nitro groups is 1. The summed E-state index contributed by atoms with van der Waals surface area (Å²) in [4.78, 5) is 10.8. The summed E-state index contributed by atoms with van der Waals surface area (Å²) in [5.74, 6) is 0. The highest BCUT2D eigenvalue weighted by molar-refractivity contribution is 5.76. The lowest BCUT2D eigenvalue weighted by Gasteiger charge is -2.27. The third kappa shape index (κ3) is 3.14. The summed E-state index contributed by atoms with van der Waals surface area (Å²) in [5, 5.41) is 26.7. The van der Waals surface area contributed by atoms with Crippen molar-refractivity contribution in [3.05, 3.63) is 28.3 Å². The minimum atomic E-state index is -0.369. The highest BCUT2D eigenvalue weighted by Crippen LogP contribution is 2.34. The minimum absolute atomic E-state index is 0.0797. The first-order valence-corrected chi connectivity index (χ1v) is 6.51. The number of hydrogen-bond donors (Lipinski definition) is 3. The molecule has 104 valence electrons. The number of benzene rings is 1. The fourth-order valence-electron chi connectivity index (χ4n) is 2.50. The van der Waals surface area contributed by atoms with Gasteiger partial charge in [0.15, 0.2) is 0 Å². The Morgan fingerprint density at radius 1 is 1.26 bits per heavy atom. The molecule has 0 saturated heterocycles. The molecular weight excluding hydrogens is 246 g/mol. The van der Waals surface area contributed by atoms with Crippen molar-refractivity contribution in [3.63, 3.8) is 0 Å². The molecule has 1 saturated carbocycles. The van der Waals surface area contributed by atoms with Crippen LogP contribution in [0.5, 0.6) is 0 Å². The van der Waals surface area contributed by atoms with Gasteiger partial charge in [0, 0.05) is 13.1 Å². The molecule has 0 spiro atoms. The van der Waals surface area contributed by atoms with Crippen molar-refractivity contribution in [2.24, 2.45) is 0 Å². The molecule has 0 bridgehead atoms. The van der Waals surface area contributed by atoms with Crippen molar-refractivity contribution < 1.29 is 10.0 Å². The van der Waals surface area contributed by atoms with Crippen molar-refractivity contribution in [1.82, 2.24) is 0 Å². The molecule has 1 fully saturated rings. The van der Waals surface area contributed by atoms with Crippen molar-refractivity contribution in [2.75, 3.05) is 17.7 Å². The normalized spacial score (nSPS) is 22.8. The average molecular weight is 265 g/mol. The van der Waals surface area contributed by atoms with Gasteiger partial charge >= 0.3 is 5.69 Å². The fraction of sp³-hybridized carbons (Fsp3) is 0.538. The first kappa shape index (κ1) is 13.6. The van der Waals surface area contributed by atoms with Gasteiger partial charge in [-0.15, -0.1) is 0 Å². The van der Waals surface area contributed by atoms with Gasteiger partial charge in [-0.3, -0.25) is 10.1 Å². The first-order chi connectivity index (χ1) is 9.11. The van der Waals surface area contributed by atoms with Crippen molar-refractivity contribution in [1.29, 1.82) is 0 Å². The number of nitrogens with zero attached hydrogens (tertiary/aromatic N) is 1. The van der Waals surface area contributed by atoms with Gasteiger partial charge in [0.05, 0.1) is 11.0 Å². The van der Waals surface area contributed by atoms with Crippen LogP contribution in [0.3, 0.4) is 0 Å². The van der Waals surface area contributed by atoms with E-state index in [1.54, 1.807) is 25.2 Å². The second-order valence-corrected chi connectivity index (χ2v) is 4.86. The lowest BCUT2D eigenvalue weighted by molar-refractivity contribution is -0.383. The topological polar surface area (TPSA) is 87.4 Å². The Labute approximate surface area is 112 Å². The van der Waals surface area contributed by atoms with Gasteiger partial charge in [-0.05, 0) is 37.8 Å². The van der Waals surface area contributed by atoms with Gasteiger partial charge in [-0.1, -0.05) is 6.07 Å². The molecule has 0 radical (unpaired) electrons. The van der Waals surface area contributed by atoms with E-state index in [9.17, 15) is 15.2 Å². The quantitative estimate of drug-likeness (QED) is 0.574. The number of nitro benzene ring substituents is 1. The van der Waals surface area contributed by atoms with Crippen LogP contribution >= 0.6 is 0 Å². The number of rotatable bonds is 4. The number of anilines is 2. The second-order valence-electron chi connectivity index (χ2n) is 4.86. The highest BCUT2D eigenvalue weighted by Gasteiger charge is 2.24. The summed E-state index contributed by atoms with van der Waals surface area (Å²) >= 11 is 0. The average Bonchev–Trinajstić information content (AvgIpc) is 2.40. The Kier molecular flexibility index (Phi) is 4.21. The number of aliphatic hydroxyl groups excluding tert-OH is 1. The van der Waals surface area contributed by atoms with E-state index in [4.69, 9.17) is 0 Å². The summed E-state index contributed by atoms with van der Waals surface area (Å²) in [6.45, 7) is 0. The number of nitrogens with one attached hydrogen (secondary N) is 2. The van der Waals surface area contributed by atoms with Crippen molar-refractivity contribution in [2.45, 2.75) is 37.8 Å². The largest absolute Gasteiger partial charge is 0.393 e. The third-order valence-electron chi connectivity index (χ3n) is 3.54. The van der Waals surface area contributed by atoms with E-state index >= 15 is 0 Å².